The molecule has 0 aliphatic rings. The molecular formula is C19H17N3O3S. The molecule has 0 radical (unpaired) electrons. The minimum Gasteiger partial charge on any atom is -0.389 e. The van der Waals surface area contributed by atoms with Crippen molar-refractivity contribution in [1.82, 2.24) is 9.78 Å². The van der Waals surface area contributed by atoms with Crippen molar-refractivity contribution < 1.29 is 13.9 Å². The fraction of sp³-hybridized carbons (Fsp3) is 0.158. The van der Waals surface area contributed by atoms with E-state index in [0.29, 0.717) is 5.69 Å². The van der Waals surface area contributed by atoms with Crippen LogP contribution in [0.4, 0.5) is 0 Å². The molecule has 0 amide bonds. The van der Waals surface area contributed by atoms with Gasteiger partial charge < -0.3 is 9.66 Å². The van der Waals surface area contributed by atoms with Crippen molar-refractivity contribution in [3.63, 3.8) is 0 Å². The smallest absolute Gasteiger partial charge is 0.163 e. The predicted molar refractivity (Wildman–Crippen MR) is 98.8 cm³/mol. The van der Waals surface area contributed by atoms with Gasteiger partial charge in [-0.1, -0.05) is 36.4 Å². The highest BCUT2D eigenvalue weighted by molar-refractivity contribution is 7.78. The minimum absolute atomic E-state index is 0.0732. The Bertz CT molecular complexity index is 971. The van der Waals surface area contributed by atoms with Gasteiger partial charge in [0, 0.05) is 11.6 Å². The molecule has 2 N–H and O–H groups in total. The highest BCUT2D eigenvalue weighted by atomic mass is 32.2. The summed E-state index contributed by atoms with van der Waals surface area (Å²) in [5.41, 5.74) is 4.19. The van der Waals surface area contributed by atoms with E-state index in [1.165, 1.54) is 0 Å². The Labute approximate surface area is 153 Å². The molecule has 6 nitrogen and oxygen atoms in total. The summed E-state index contributed by atoms with van der Waals surface area (Å²) in [6, 6.07) is 18.3. The largest absolute Gasteiger partial charge is 0.389 e. The molecule has 132 valence electrons. The summed E-state index contributed by atoms with van der Waals surface area (Å²) in [7, 11) is 0. The standard InChI is InChI=1S/C19H17N3O3S/c1-13(23)15-6-8-18(9-7-15)22-19(10-17(11-20)21-22)16-4-2-14(3-5-16)12-26(24)25/h2-10,13,23H,12H2,1H3,(H,24,25). The first-order valence-corrected chi connectivity index (χ1v) is 9.21. The Morgan fingerprint density at radius 2 is 1.85 bits per heavy atom. The summed E-state index contributed by atoms with van der Waals surface area (Å²) in [6.45, 7) is 1.70. The van der Waals surface area contributed by atoms with Crippen molar-refractivity contribution >= 4 is 11.1 Å². The van der Waals surface area contributed by atoms with Crippen LogP contribution < -0.4 is 0 Å². The molecule has 7 heteroatoms. The van der Waals surface area contributed by atoms with Crippen LogP contribution in [0.1, 0.15) is 29.8 Å². The predicted octanol–water partition coefficient (Wildman–Crippen LogP) is 3.19. The quantitative estimate of drug-likeness (QED) is 0.675. The second-order valence-electron chi connectivity index (χ2n) is 5.87. The maximum absolute atomic E-state index is 10.9. The summed E-state index contributed by atoms with van der Waals surface area (Å²) in [6.07, 6.45) is -0.555. The highest BCUT2D eigenvalue weighted by Gasteiger charge is 2.12. The van der Waals surface area contributed by atoms with Crippen molar-refractivity contribution in [1.29, 1.82) is 5.26 Å². The van der Waals surface area contributed by atoms with Crippen LogP contribution in [0.5, 0.6) is 0 Å². The zero-order valence-corrected chi connectivity index (χ0v) is 14.8. The average molecular weight is 367 g/mol. The van der Waals surface area contributed by atoms with Gasteiger partial charge in [-0.3, -0.25) is 0 Å². The van der Waals surface area contributed by atoms with Crippen LogP contribution in [0.15, 0.2) is 54.6 Å². The number of nitrogens with zero attached hydrogens (tertiary/aromatic N) is 3. The zero-order chi connectivity index (χ0) is 18.7. The summed E-state index contributed by atoms with van der Waals surface area (Å²) >= 11 is -1.89. The Morgan fingerprint density at radius 3 is 2.38 bits per heavy atom. The van der Waals surface area contributed by atoms with E-state index in [2.05, 4.69) is 5.10 Å². The average Bonchev–Trinajstić information content (AvgIpc) is 3.06. The van der Waals surface area contributed by atoms with Gasteiger partial charge in [-0.25, -0.2) is 8.89 Å². The lowest BCUT2D eigenvalue weighted by Gasteiger charge is -2.10. The molecule has 1 heterocycles. The van der Waals surface area contributed by atoms with E-state index in [0.717, 1.165) is 28.1 Å². The van der Waals surface area contributed by atoms with E-state index in [9.17, 15) is 14.6 Å². The van der Waals surface area contributed by atoms with Crippen LogP contribution in [-0.2, 0) is 16.8 Å². The van der Waals surface area contributed by atoms with Crippen LogP contribution in [0.25, 0.3) is 16.9 Å². The molecule has 0 bridgehead atoms. The third-order valence-electron chi connectivity index (χ3n) is 3.98. The lowest BCUT2D eigenvalue weighted by Crippen LogP contribution is -2.00. The number of rotatable bonds is 5. The van der Waals surface area contributed by atoms with E-state index < -0.39 is 17.2 Å². The maximum Gasteiger partial charge on any atom is 0.163 e. The Kier molecular flexibility index (Phi) is 5.28. The van der Waals surface area contributed by atoms with Crippen LogP contribution in [0.3, 0.4) is 0 Å². The molecule has 3 aromatic rings. The van der Waals surface area contributed by atoms with Crippen molar-refractivity contribution in [3.8, 4) is 23.0 Å². The molecular weight excluding hydrogens is 350 g/mol. The van der Waals surface area contributed by atoms with Crippen LogP contribution in [0, 0.1) is 11.3 Å². The molecule has 2 aromatic carbocycles. The minimum atomic E-state index is -1.89. The number of aliphatic hydroxyl groups is 1. The SMILES string of the molecule is CC(O)c1ccc(-n2nc(C#N)cc2-c2ccc(CS(=O)O)cc2)cc1. The monoisotopic (exact) mass is 367 g/mol. The van der Waals surface area contributed by atoms with E-state index in [1.807, 2.05) is 42.5 Å². The number of hydrogen-bond donors (Lipinski definition) is 2. The van der Waals surface area contributed by atoms with Crippen LogP contribution in [-0.4, -0.2) is 23.6 Å². The number of aliphatic hydroxyl groups excluding tert-OH is 1. The van der Waals surface area contributed by atoms with Gasteiger partial charge in [0.15, 0.2) is 16.8 Å². The van der Waals surface area contributed by atoms with E-state index in [4.69, 9.17) is 4.55 Å². The van der Waals surface area contributed by atoms with Crippen molar-refractivity contribution in [2.24, 2.45) is 0 Å². The van der Waals surface area contributed by atoms with Gasteiger partial charge in [0.25, 0.3) is 0 Å². The van der Waals surface area contributed by atoms with Gasteiger partial charge in [0.05, 0.1) is 23.2 Å². The second-order valence-corrected chi connectivity index (χ2v) is 6.80. The van der Waals surface area contributed by atoms with Gasteiger partial charge in [-0.2, -0.15) is 10.4 Å². The third kappa shape index (κ3) is 3.89. The Morgan fingerprint density at radius 1 is 1.19 bits per heavy atom. The van der Waals surface area contributed by atoms with Crippen LogP contribution in [0.2, 0.25) is 0 Å². The number of nitriles is 1. The summed E-state index contributed by atoms with van der Waals surface area (Å²) in [5, 5.41) is 23.2. The molecule has 2 unspecified atom stereocenters. The fourth-order valence-corrected chi connectivity index (χ4v) is 3.12. The maximum atomic E-state index is 10.9. The highest BCUT2D eigenvalue weighted by Crippen LogP contribution is 2.25. The van der Waals surface area contributed by atoms with Gasteiger partial charge in [-0.15, -0.1) is 0 Å². The molecule has 0 spiro atoms. The van der Waals surface area contributed by atoms with Gasteiger partial charge >= 0.3 is 0 Å². The first-order valence-electron chi connectivity index (χ1n) is 7.93. The first kappa shape index (κ1) is 18.0. The normalized spacial score (nSPS) is 13.2. The van der Waals surface area contributed by atoms with Gasteiger partial charge in [0.1, 0.15) is 6.07 Å². The van der Waals surface area contributed by atoms with E-state index in [1.54, 1.807) is 29.8 Å². The third-order valence-corrected chi connectivity index (χ3v) is 4.56. The molecule has 0 aliphatic heterocycles. The molecule has 26 heavy (non-hydrogen) atoms. The molecule has 3 rings (SSSR count). The van der Waals surface area contributed by atoms with Crippen molar-refractivity contribution in [3.05, 3.63) is 71.4 Å². The lowest BCUT2D eigenvalue weighted by atomic mass is 10.1. The fourth-order valence-electron chi connectivity index (χ4n) is 2.65. The second kappa shape index (κ2) is 7.62. The van der Waals surface area contributed by atoms with Crippen molar-refractivity contribution in [2.75, 3.05) is 0 Å². The zero-order valence-electron chi connectivity index (χ0n) is 14.0. The summed E-state index contributed by atoms with van der Waals surface area (Å²) in [5.74, 6) is 0.0732. The lowest BCUT2D eigenvalue weighted by molar-refractivity contribution is 0.199. The molecule has 0 aliphatic carbocycles. The molecule has 0 saturated heterocycles. The molecule has 0 saturated carbocycles. The van der Waals surface area contributed by atoms with E-state index >= 15 is 0 Å². The summed E-state index contributed by atoms with van der Waals surface area (Å²) < 4.78 is 21.6. The van der Waals surface area contributed by atoms with Crippen LogP contribution >= 0.6 is 0 Å². The Balaban J connectivity index is 2.01. The van der Waals surface area contributed by atoms with Gasteiger partial charge in [0.2, 0.25) is 0 Å². The first-order chi connectivity index (χ1) is 12.5. The number of hydrogen-bond acceptors (Lipinski definition) is 4. The molecule has 2 atom stereocenters. The summed E-state index contributed by atoms with van der Waals surface area (Å²) in [4.78, 5) is 0. The van der Waals surface area contributed by atoms with Crippen molar-refractivity contribution in [2.45, 2.75) is 18.8 Å². The number of benzene rings is 2. The molecule has 1 aromatic heterocycles. The number of aromatic nitrogens is 2. The topological polar surface area (TPSA) is 99.1 Å². The molecule has 0 fully saturated rings. The van der Waals surface area contributed by atoms with Gasteiger partial charge in [-0.05, 0) is 30.2 Å². The Hall–Kier alpha value is -2.79. The van der Waals surface area contributed by atoms with E-state index in [-0.39, 0.29) is 5.75 Å².